The first-order chi connectivity index (χ1) is 13.7. The lowest BCUT2D eigenvalue weighted by Gasteiger charge is -2.15. The number of rotatable bonds is 6. The Hall–Kier alpha value is -2.64. The highest BCUT2D eigenvalue weighted by atomic mass is 35.5. The Bertz CT molecular complexity index is 1100. The Kier molecular flexibility index (Phi) is 7.44. The largest absolute Gasteiger partial charge is 0.354 e. The molecule has 1 aromatic carbocycles. The van der Waals surface area contributed by atoms with E-state index in [9.17, 15) is 9.59 Å². The lowest BCUT2D eigenvalue weighted by Crippen LogP contribution is -2.33. The van der Waals surface area contributed by atoms with Crippen molar-refractivity contribution in [3.63, 3.8) is 0 Å². The van der Waals surface area contributed by atoms with Gasteiger partial charge in [0, 0.05) is 25.3 Å². The second-order valence-electron chi connectivity index (χ2n) is 7.91. The number of aromatic nitrogens is 3. The van der Waals surface area contributed by atoms with E-state index in [-0.39, 0.29) is 36.3 Å². The number of amides is 1. The smallest absolute Gasteiger partial charge is 0.273 e. The zero-order valence-corrected chi connectivity index (χ0v) is 18.9. The first kappa shape index (κ1) is 23.6. The number of aromatic amines is 1. The quantitative estimate of drug-likeness (QED) is 0.557. The van der Waals surface area contributed by atoms with E-state index in [4.69, 9.17) is 5.73 Å². The normalized spacial score (nSPS) is 12.1. The van der Waals surface area contributed by atoms with Gasteiger partial charge in [-0.25, -0.2) is 4.98 Å². The van der Waals surface area contributed by atoms with Crippen LogP contribution < -0.4 is 16.6 Å². The van der Waals surface area contributed by atoms with Crippen molar-refractivity contribution in [3.05, 3.63) is 62.6 Å². The Morgan fingerprint density at radius 3 is 2.40 bits per heavy atom. The number of hydrogen-bond acceptors (Lipinski definition) is 4. The molecule has 0 fully saturated rings. The summed E-state index contributed by atoms with van der Waals surface area (Å²) in [5.41, 5.74) is 11.2. The van der Waals surface area contributed by atoms with Gasteiger partial charge in [0.05, 0.1) is 11.8 Å². The number of halogens is 1. The SMILES string of the molecule is Cc1nc2c(c(C)c1CC(=O)NCC(N)c1ccc(C(C)C)cc1)c(=O)[nH]n2C.Cl. The molecule has 3 aromatic rings. The number of nitrogens with two attached hydrogens (primary N) is 1. The highest BCUT2D eigenvalue weighted by molar-refractivity contribution is 5.85. The van der Waals surface area contributed by atoms with Crippen molar-refractivity contribution in [3.8, 4) is 0 Å². The topological polar surface area (TPSA) is 106 Å². The van der Waals surface area contributed by atoms with Crippen molar-refractivity contribution in [2.75, 3.05) is 6.54 Å². The minimum atomic E-state index is -0.278. The molecule has 0 aliphatic rings. The molecule has 8 heteroatoms. The summed E-state index contributed by atoms with van der Waals surface area (Å²) in [7, 11) is 1.75. The fraction of sp³-hybridized carbons (Fsp3) is 0.409. The van der Waals surface area contributed by atoms with Gasteiger partial charge in [0.1, 0.15) is 0 Å². The van der Waals surface area contributed by atoms with Crippen LogP contribution in [0.2, 0.25) is 0 Å². The molecule has 0 bridgehead atoms. The Morgan fingerprint density at radius 2 is 1.80 bits per heavy atom. The molecule has 1 atom stereocenters. The average molecular weight is 432 g/mol. The monoisotopic (exact) mass is 431 g/mol. The second-order valence-corrected chi connectivity index (χ2v) is 7.91. The lowest BCUT2D eigenvalue weighted by atomic mass is 9.99. The number of hydrogen-bond donors (Lipinski definition) is 3. The Morgan fingerprint density at radius 1 is 1.20 bits per heavy atom. The predicted molar refractivity (Wildman–Crippen MR) is 122 cm³/mol. The molecule has 2 heterocycles. The van der Waals surface area contributed by atoms with Crippen LogP contribution in [-0.4, -0.2) is 27.2 Å². The van der Waals surface area contributed by atoms with Crippen molar-refractivity contribution >= 4 is 29.3 Å². The van der Waals surface area contributed by atoms with Crippen LogP contribution in [0.25, 0.3) is 11.0 Å². The number of nitrogens with zero attached hydrogens (tertiary/aromatic N) is 2. The van der Waals surface area contributed by atoms with Crippen molar-refractivity contribution < 1.29 is 4.79 Å². The van der Waals surface area contributed by atoms with Crippen LogP contribution in [0, 0.1) is 13.8 Å². The molecule has 0 spiro atoms. The molecule has 0 radical (unpaired) electrons. The van der Waals surface area contributed by atoms with Crippen molar-refractivity contribution in [1.82, 2.24) is 20.1 Å². The Labute approximate surface area is 182 Å². The van der Waals surface area contributed by atoms with Gasteiger partial charge < -0.3 is 11.1 Å². The maximum atomic E-state index is 12.5. The molecule has 162 valence electrons. The van der Waals surface area contributed by atoms with E-state index in [1.807, 2.05) is 26.0 Å². The minimum Gasteiger partial charge on any atom is -0.354 e. The minimum absolute atomic E-state index is 0. The van der Waals surface area contributed by atoms with E-state index >= 15 is 0 Å². The maximum Gasteiger partial charge on any atom is 0.273 e. The number of benzene rings is 1. The number of aryl methyl sites for hydroxylation is 3. The molecular weight excluding hydrogens is 402 g/mol. The van der Waals surface area contributed by atoms with E-state index < -0.39 is 0 Å². The molecule has 1 amide bonds. The predicted octanol–water partition coefficient (Wildman–Crippen LogP) is 2.78. The van der Waals surface area contributed by atoms with Crippen molar-refractivity contribution in [1.29, 1.82) is 0 Å². The van der Waals surface area contributed by atoms with E-state index in [1.165, 1.54) is 5.56 Å². The van der Waals surface area contributed by atoms with E-state index in [2.05, 4.69) is 41.4 Å². The Balaban J connectivity index is 0.00000320. The summed E-state index contributed by atoms with van der Waals surface area (Å²) in [5, 5.41) is 6.15. The third-order valence-corrected chi connectivity index (χ3v) is 5.46. The number of nitrogens with one attached hydrogen (secondary N) is 2. The molecule has 0 aliphatic carbocycles. The molecule has 0 saturated carbocycles. The van der Waals surface area contributed by atoms with Gasteiger partial charge in [-0.3, -0.25) is 19.4 Å². The summed E-state index contributed by atoms with van der Waals surface area (Å²) in [5.74, 6) is 0.327. The van der Waals surface area contributed by atoms with Gasteiger partial charge in [-0.15, -0.1) is 12.4 Å². The molecule has 3 rings (SSSR count). The number of H-pyrrole nitrogens is 1. The molecule has 2 aromatic heterocycles. The number of carbonyl (C=O) groups excluding carboxylic acids is 1. The zero-order chi connectivity index (χ0) is 21.3. The summed E-state index contributed by atoms with van der Waals surface area (Å²) >= 11 is 0. The van der Waals surface area contributed by atoms with Crippen LogP contribution in [0.4, 0.5) is 0 Å². The average Bonchev–Trinajstić information content (AvgIpc) is 2.96. The third-order valence-electron chi connectivity index (χ3n) is 5.46. The molecular formula is C22H30ClN5O2. The third kappa shape index (κ3) is 4.74. The zero-order valence-electron chi connectivity index (χ0n) is 18.1. The van der Waals surface area contributed by atoms with E-state index in [0.717, 1.165) is 22.4 Å². The van der Waals surface area contributed by atoms with Crippen molar-refractivity contribution in [2.24, 2.45) is 12.8 Å². The van der Waals surface area contributed by atoms with Gasteiger partial charge in [0.15, 0.2) is 5.65 Å². The molecule has 30 heavy (non-hydrogen) atoms. The van der Waals surface area contributed by atoms with E-state index in [0.29, 0.717) is 23.5 Å². The molecule has 1 unspecified atom stereocenters. The van der Waals surface area contributed by atoms with Gasteiger partial charge in [0.25, 0.3) is 5.56 Å². The number of pyridine rings is 1. The first-order valence-electron chi connectivity index (χ1n) is 9.86. The highest BCUT2D eigenvalue weighted by Gasteiger charge is 2.18. The fourth-order valence-electron chi connectivity index (χ4n) is 3.60. The van der Waals surface area contributed by atoms with Gasteiger partial charge >= 0.3 is 0 Å². The van der Waals surface area contributed by atoms with Gasteiger partial charge in [0.2, 0.25) is 5.91 Å². The summed E-state index contributed by atoms with van der Waals surface area (Å²) in [6.45, 7) is 8.36. The number of fused-ring (bicyclic) bond motifs is 1. The summed E-state index contributed by atoms with van der Waals surface area (Å²) in [4.78, 5) is 29.2. The standard InChI is InChI=1S/C22H29N5O2.ClH/c1-12(2)15-6-8-16(9-7-15)18(23)11-24-19(28)10-17-13(3)20-21(25-14(17)4)27(5)26-22(20)29;/h6-9,12,18H,10-11,23H2,1-5H3,(H,24,28)(H,26,29);1H. The van der Waals surface area contributed by atoms with Gasteiger partial charge in [-0.2, -0.15) is 0 Å². The van der Waals surface area contributed by atoms with Crippen molar-refractivity contribution in [2.45, 2.75) is 46.1 Å². The van der Waals surface area contributed by atoms with Crippen LogP contribution in [0.3, 0.4) is 0 Å². The molecule has 0 aliphatic heterocycles. The second kappa shape index (κ2) is 9.45. The van der Waals surface area contributed by atoms with Crippen LogP contribution in [-0.2, 0) is 18.3 Å². The van der Waals surface area contributed by atoms with E-state index in [1.54, 1.807) is 11.7 Å². The molecule has 4 N–H and O–H groups in total. The number of carbonyl (C=O) groups is 1. The highest BCUT2D eigenvalue weighted by Crippen LogP contribution is 2.20. The van der Waals surface area contributed by atoms with Crippen LogP contribution in [0.15, 0.2) is 29.1 Å². The fourth-order valence-corrected chi connectivity index (χ4v) is 3.60. The van der Waals surface area contributed by atoms with Crippen LogP contribution in [0.5, 0.6) is 0 Å². The van der Waals surface area contributed by atoms with Gasteiger partial charge in [-0.1, -0.05) is 38.1 Å². The summed E-state index contributed by atoms with van der Waals surface area (Å²) in [6, 6.07) is 7.90. The summed E-state index contributed by atoms with van der Waals surface area (Å²) in [6.07, 6.45) is 0.161. The van der Waals surface area contributed by atoms with Crippen LogP contribution in [0.1, 0.15) is 53.8 Å². The van der Waals surface area contributed by atoms with Gasteiger partial charge in [-0.05, 0) is 42.0 Å². The summed E-state index contributed by atoms with van der Waals surface area (Å²) < 4.78 is 1.60. The molecule has 0 saturated heterocycles. The maximum absolute atomic E-state index is 12.5. The molecule has 7 nitrogen and oxygen atoms in total. The van der Waals surface area contributed by atoms with Crippen LogP contribution >= 0.6 is 12.4 Å². The lowest BCUT2D eigenvalue weighted by molar-refractivity contribution is -0.120. The first-order valence-corrected chi connectivity index (χ1v) is 9.86.